The molecule has 1 aromatic rings. The molecule has 2 aliphatic heterocycles. The highest BCUT2D eigenvalue weighted by Crippen LogP contribution is 2.40. The number of aliphatic hydroxyl groups excluding tert-OH is 1. The number of rotatable bonds is 15. The minimum absolute atomic E-state index is 0.0294. The molecule has 7 atom stereocenters. The number of aliphatic hydroxyl groups is 1. The summed E-state index contributed by atoms with van der Waals surface area (Å²) < 4.78 is 69.7. The Morgan fingerprint density at radius 2 is 1.82 bits per heavy atom. The maximum atomic E-state index is 13.2. The van der Waals surface area contributed by atoms with Gasteiger partial charge >= 0.3 is 12.1 Å². The second-order valence-corrected chi connectivity index (χ2v) is 11.7. The van der Waals surface area contributed by atoms with Gasteiger partial charge in [0.15, 0.2) is 12.6 Å². The molecular formula is C33H45F3O8. The van der Waals surface area contributed by atoms with Crippen LogP contribution in [0.3, 0.4) is 0 Å². The minimum Gasteiger partial charge on any atom is -0.491 e. The van der Waals surface area contributed by atoms with E-state index in [4.69, 9.17) is 28.8 Å². The summed E-state index contributed by atoms with van der Waals surface area (Å²) in [5.41, 5.74) is -0.789. The third-order valence-electron chi connectivity index (χ3n) is 8.28. The number of carbonyl (C=O) groups is 1. The monoisotopic (exact) mass is 626 g/mol. The van der Waals surface area contributed by atoms with Gasteiger partial charge in [-0.05, 0) is 81.9 Å². The summed E-state index contributed by atoms with van der Waals surface area (Å²) in [5.74, 6) is -1.09. The molecule has 0 spiro atoms. The second-order valence-electron chi connectivity index (χ2n) is 11.7. The van der Waals surface area contributed by atoms with Gasteiger partial charge < -0.3 is 33.9 Å². The Kier molecular flexibility index (Phi) is 13.5. The predicted octanol–water partition coefficient (Wildman–Crippen LogP) is 6.66. The molecular weight excluding hydrogens is 581 g/mol. The highest BCUT2D eigenvalue weighted by molar-refractivity contribution is 5.66. The van der Waals surface area contributed by atoms with Gasteiger partial charge in [-0.3, -0.25) is 4.79 Å². The Bertz CT molecular complexity index is 1070. The molecule has 0 radical (unpaired) electrons. The smallest absolute Gasteiger partial charge is 0.416 e. The lowest BCUT2D eigenvalue weighted by Gasteiger charge is -2.30. The summed E-state index contributed by atoms with van der Waals surface area (Å²) in [5, 5.41) is 19.9. The molecule has 2 heterocycles. The van der Waals surface area contributed by atoms with Gasteiger partial charge in [0.2, 0.25) is 0 Å². The largest absolute Gasteiger partial charge is 0.491 e. The van der Waals surface area contributed by atoms with E-state index in [0.717, 1.165) is 44.2 Å². The predicted molar refractivity (Wildman–Crippen MR) is 156 cm³/mol. The highest BCUT2D eigenvalue weighted by atomic mass is 19.4. The van der Waals surface area contributed by atoms with Crippen LogP contribution >= 0.6 is 0 Å². The number of allylic oxidation sites excluding steroid dienone is 2. The number of hydrogen-bond acceptors (Lipinski definition) is 7. The van der Waals surface area contributed by atoms with Crippen LogP contribution in [0, 0.1) is 11.8 Å². The van der Waals surface area contributed by atoms with E-state index in [1.165, 1.54) is 12.1 Å². The average molecular weight is 627 g/mol. The molecule has 44 heavy (non-hydrogen) atoms. The molecule has 1 saturated carbocycles. The number of halogens is 3. The zero-order valence-electron chi connectivity index (χ0n) is 25.0. The van der Waals surface area contributed by atoms with Gasteiger partial charge in [0, 0.05) is 32.0 Å². The number of carboxylic acid groups (broad SMARTS) is 1. The normalized spacial score (nSPS) is 28.9. The molecule has 3 aliphatic rings. The van der Waals surface area contributed by atoms with Gasteiger partial charge in [-0.15, -0.1) is 0 Å². The summed E-state index contributed by atoms with van der Waals surface area (Å²) in [4.78, 5) is 10.8. The molecule has 2 N–H and O–H groups in total. The van der Waals surface area contributed by atoms with Crippen molar-refractivity contribution in [2.24, 2.45) is 11.8 Å². The Hall–Kier alpha value is -2.44. The van der Waals surface area contributed by atoms with E-state index in [2.05, 4.69) is 0 Å². The first-order chi connectivity index (χ1) is 21.2. The average Bonchev–Trinajstić information content (AvgIpc) is 3.29. The molecule has 2 saturated heterocycles. The number of aliphatic carboxylic acids is 1. The van der Waals surface area contributed by atoms with Crippen molar-refractivity contribution in [2.45, 2.75) is 108 Å². The van der Waals surface area contributed by atoms with Crippen molar-refractivity contribution in [1.82, 2.24) is 0 Å². The lowest BCUT2D eigenvalue weighted by Crippen LogP contribution is -2.32. The maximum absolute atomic E-state index is 13.2. The molecule has 1 aromatic carbocycles. The molecule has 8 nitrogen and oxygen atoms in total. The van der Waals surface area contributed by atoms with E-state index in [-0.39, 0.29) is 43.0 Å². The van der Waals surface area contributed by atoms with E-state index in [1.54, 1.807) is 0 Å². The van der Waals surface area contributed by atoms with Crippen LogP contribution in [0.1, 0.15) is 76.2 Å². The van der Waals surface area contributed by atoms with Crippen LogP contribution in [0.2, 0.25) is 0 Å². The van der Waals surface area contributed by atoms with Crippen molar-refractivity contribution < 1.29 is 51.9 Å². The standard InChI is InChI=1S/C33H45F3O8/c34-33(35,36)23-10-9-11-24(20-23)42-22-25(43-31-14-5-7-18-40-31)16-17-27-26(12-3-1-2-4-13-30(38)39)28(37)21-29(27)44-32-15-6-8-19-41-32/h1,3,9-11,16-17,20,25-29,31-32,37H,2,4-8,12-15,18-19,21-22H2,(H,38,39)/b3-1-,17-16+/t25?,26-,27-,28+,29-,31?,32?/m1/s1. The Labute approximate surface area is 257 Å². The van der Waals surface area contributed by atoms with Crippen LogP contribution in [0.25, 0.3) is 0 Å². The van der Waals surface area contributed by atoms with Crippen LogP contribution in [0.4, 0.5) is 13.2 Å². The number of benzene rings is 1. The third kappa shape index (κ3) is 11.2. The third-order valence-corrected chi connectivity index (χ3v) is 8.28. The van der Waals surface area contributed by atoms with Gasteiger partial charge in [-0.25, -0.2) is 0 Å². The number of carboxylic acids is 1. The van der Waals surface area contributed by atoms with E-state index in [1.807, 2.05) is 24.3 Å². The van der Waals surface area contributed by atoms with E-state index < -0.39 is 36.2 Å². The van der Waals surface area contributed by atoms with Crippen LogP contribution in [-0.4, -0.2) is 66.9 Å². The van der Waals surface area contributed by atoms with Crippen molar-refractivity contribution in [1.29, 1.82) is 0 Å². The number of alkyl halides is 3. The van der Waals surface area contributed by atoms with Crippen molar-refractivity contribution in [2.75, 3.05) is 19.8 Å². The van der Waals surface area contributed by atoms with Crippen LogP contribution in [0.15, 0.2) is 48.6 Å². The summed E-state index contributed by atoms with van der Waals surface area (Å²) in [7, 11) is 0. The molecule has 3 unspecified atom stereocenters. The fourth-order valence-corrected chi connectivity index (χ4v) is 5.93. The van der Waals surface area contributed by atoms with Crippen molar-refractivity contribution >= 4 is 5.97 Å². The molecule has 0 bridgehead atoms. The molecule has 11 heteroatoms. The fourth-order valence-electron chi connectivity index (χ4n) is 5.93. The Balaban J connectivity index is 1.48. The maximum Gasteiger partial charge on any atom is 0.416 e. The number of ether oxygens (including phenoxy) is 5. The first-order valence-corrected chi connectivity index (χ1v) is 15.8. The van der Waals surface area contributed by atoms with E-state index in [9.17, 15) is 23.1 Å². The Morgan fingerprint density at radius 3 is 2.50 bits per heavy atom. The van der Waals surface area contributed by atoms with Crippen LogP contribution in [0.5, 0.6) is 5.75 Å². The van der Waals surface area contributed by atoms with Gasteiger partial charge in [0.1, 0.15) is 18.5 Å². The molecule has 4 rings (SSSR count). The first kappa shape index (κ1) is 34.4. The Morgan fingerprint density at radius 1 is 1.07 bits per heavy atom. The van der Waals surface area contributed by atoms with Gasteiger partial charge in [0.05, 0.1) is 17.8 Å². The summed E-state index contributed by atoms with van der Waals surface area (Å²) in [6, 6.07) is 4.76. The van der Waals surface area contributed by atoms with Gasteiger partial charge in [-0.1, -0.05) is 30.4 Å². The van der Waals surface area contributed by atoms with Crippen molar-refractivity contribution in [3.05, 3.63) is 54.1 Å². The quantitative estimate of drug-likeness (QED) is 0.165. The lowest BCUT2D eigenvalue weighted by atomic mass is 9.89. The SMILES string of the molecule is O=C(O)CCC/C=C\C[C@@H]1[C@@H](/C=C/C(COc2cccc(C(F)(F)F)c2)OC2CCCCO2)[C@H](OC2CCCCO2)C[C@@H]1O. The molecule has 246 valence electrons. The highest BCUT2D eigenvalue weighted by Gasteiger charge is 2.42. The van der Waals surface area contributed by atoms with Gasteiger partial charge in [-0.2, -0.15) is 13.2 Å². The minimum atomic E-state index is -4.48. The fraction of sp³-hybridized carbons (Fsp3) is 0.667. The number of unbranched alkanes of at least 4 members (excludes halogenated alkanes) is 1. The zero-order valence-corrected chi connectivity index (χ0v) is 25.0. The van der Waals surface area contributed by atoms with Crippen molar-refractivity contribution in [3.63, 3.8) is 0 Å². The topological polar surface area (TPSA) is 104 Å². The lowest BCUT2D eigenvalue weighted by molar-refractivity contribution is -0.193. The summed E-state index contributed by atoms with van der Waals surface area (Å²) in [6.45, 7) is 1.17. The molecule has 0 aromatic heterocycles. The zero-order chi connectivity index (χ0) is 31.4. The molecule has 3 fully saturated rings. The van der Waals surface area contributed by atoms with Crippen LogP contribution < -0.4 is 4.74 Å². The molecule has 0 amide bonds. The summed E-state index contributed by atoms with van der Waals surface area (Å²) >= 11 is 0. The molecule has 1 aliphatic carbocycles. The summed E-state index contributed by atoms with van der Waals surface area (Å²) in [6.07, 6.45) is 8.59. The van der Waals surface area contributed by atoms with Crippen LogP contribution in [-0.2, 0) is 29.9 Å². The number of hydrogen-bond donors (Lipinski definition) is 2. The van der Waals surface area contributed by atoms with E-state index >= 15 is 0 Å². The van der Waals surface area contributed by atoms with E-state index in [0.29, 0.717) is 45.3 Å². The first-order valence-electron chi connectivity index (χ1n) is 15.8. The second kappa shape index (κ2) is 17.3. The van der Waals surface area contributed by atoms with Crippen molar-refractivity contribution in [3.8, 4) is 5.75 Å². The van der Waals surface area contributed by atoms with Gasteiger partial charge in [0.25, 0.3) is 0 Å².